The predicted molar refractivity (Wildman–Crippen MR) is 163 cm³/mol. The lowest BCUT2D eigenvalue weighted by atomic mass is 10.0. The summed E-state index contributed by atoms with van der Waals surface area (Å²) in [6.45, 7) is 9.38. The zero-order valence-corrected chi connectivity index (χ0v) is 25.8. The number of imidazole rings is 1. The normalized spacial score (nSPS) is 11.9. The maximum absolute atomic E-state index is 14.9. The Morgan fingerprint density at radius 2 is 1.81 bits per heavy atom. The molecule has 12 heteroatoms. The molecule has 0 aliphatic rings. The molecular formula is C31H34F2N4O5Si. The molecule has 5 aromatic rings. The lowest BCUT2D eigenvalue weighted by molar-refractivity contribution is -0.143. The zero-order chi connectivity index (χ0) is 30.9. The molecule has 2 aromatic carbocycles. The fourth-order valence-corrected chi connectivity index (χ4v) is 5.62. The van der Waals surface area contributed by atoms with Gasteiger partial charge in [-0.2, -0.15) is 0 Å². The Labute approximate surface area is 248 Å². The third kappa shape index (κ3) is 6.39. The van der Waals surface area contributed by atoms with Gasteiger partial charge in [-0.3, -0.25) is 9.59 Å². The molecule has 0 unspecified atom stereocenters. The van der Waals surface area contributed by atoms with Gasteiger partial charge >= 0.3 is 5.97 Å². The number of ether oxygens (including phenoxy) is 3. The van der Waals surface area contributed by atoms with E-state index in [2.05, 4.69) is 24.6 Å². The summed E-state index contributed by atoms with van der Waals surface area (Å²) in [7, 11) is 0.365. The molecule has 43 heavy (non-hydrogen) atoms. The monoisotopic (exact) mass is 608 g/mol. The summed E-state index contributed by atoms with van der Waals surface area (Å²) < 4.78 is 50.7. The largest absolute Gasteiger partial charge is 0.465 e. The Morgan fingerprint density at radius 3 is 2.53 bits per heavy atom. The molecule has 0 aliphatic carbocycles. The Morgan fingerprint density at radius 1 is 1.02 bits per heavy atom. The van der Waals surface area contributed by atoms with Gasteiger partial charge in [0, 0.05) is 56.7 Å². The molecule has 0 aliphatic heterocycles. The first-order valence-electron chi connectivity index (χ1n) is 14.0. The molecule has 0 N–H and O–H groups in total. The van der Waals surface area contributed by atoms with E-state index in [-0.39, 0.29) is 36.9 Å². The van der Waals surface area contributed by atoms with Crippen LogP contribution in [0.5, 0.6) is 11.5 Å². The van der Waals surface area contributed by atoms with Gasteiger partial charge in [0.2, 0.25) is 0 Å². The highest BCUT2D eigenvalue weighted by molar-refractivity contribution is 6.76. The van der Waals surface area contributed by atoms with Crippen LogP contribution < -0.4 is 10.3 Å². The van der Waals surface area contributed by atoms with Crippen LogP contribution in [-0.4, -0.2) is 45.9 Å². The molecular weight excluding hydrogens is 574 g/mol. The number of carbonyl (C=O) groups is 1. The van der Waals surface area contributed by atoms with E-state index in [4.69, 9.17) is 14.2 Å². The van der Waals surface area contributed by atoms with E-state index in [1.807, 2.05) is 6.07 Å². The number of rotatable bonds is 11. The molecule has 0 saturated heterocycles. The molecule has 0 saturated carbocycles. The van der Waals surface area contributed by atoms with Crippen molar-refractivity contribution in [3.05, 3.63) is 77.1 Å². The standard InChI is InChI=1S/C31H34F2N4O5Si/c1-6-41-27(38)17-37-18-34-25-9-8-22(30(29(25)37)42-26-10-7-20(32)15-24(26)33)23-16-35(2)31(39)28-21(23)11-12-36(28)19-40-13-14-43(3,4)5/h7-12,15-16,18H,6,13-14,17,19H2,1-5H3. The van der Waals surface area contributed by atoms with Crippen molar-refractivity contribution in [3.8, 4) is 22.6 Å². The molecule has 0 amide bonds. The number of halogens is 2. The number of pyridine rings is 1. The molecule has 0 radical (unpaired) electrons. The van der Waals surface area contributed by atoms with Gasteiger partial charge in [0.15, 0.2) is 17.3 Å². The summed E-state index contributed by atoms with van der Waals surface area (Å²) in [5.74, 6) is -2.16. The van der Waals surface area contributed by atoms with Crippen molar-refractivity contribution in [1.82, 2.24) is 18.7 Å². The van der Waals surface area contributed by atoms with E-state index in [1.165, 1.54) is 17.0 Å². The summed E-state index contributed by atoms with van der Waals surface area (Å²) >= 11 is 0. The van der Waals surface area contributed by atoms with Crippen molar-refractivity contribution in [2.24, 2.45) is 7.05 Å². The maximum Gasteiger partial charge on any atom is 0.326 e. The van der Waals surface area contributed by atoms with Crippen LogP contribution in [-0.2, 0) is 34.6 Å². The Balaban J connectivity index is 1.68. The molecule has 0 bridgehead atoms. The summed E-state index contributed by atoms with van der Waals surface area (Å²) in [5, 5.41) is 0.636. The highest BCUT2D eigenvalue weighted by atomic mass is 28.3. The van der Waals surface area contributed by atoms with E-state index in [1.54, 1.807) is 47.6 Å². The third-order valence-electron chi connectivity index (χ3n) is 7.06. The quantitative estimate of drug-likeness (QED) is 0.0993. The fraction of sp³-hybridized carbons (Fsp3) is 0.323. The zero-order valence-electron chi connectivity index (χ0n) is 24.8. The van der Waals surface area contributed by atoms with Gasteiger partial charge in [-0.25, -0.2) is 13.8 Å². The van der Waals surface area contributed by atoms with Crippen LogP contribution in [0, 0.1) is 11.6 Å². The minimum Gasteiger partial charge on any atom is -0.465 e. The van der Waals surface area contributed by atoms with Crippen LogP contribution in [0.15, 0.2) is 59.9 Å². The third-order valence-corrected chi connectivity index (χ3v) is 8.76. The Hall–Kier alpha value is -4.29. The maximum atomic E-state index is 14.9. The second-order valence-electron chi connectivity index (χ2n) is 11.5. The molecule has 0 atom stereocenters. The van der Waals surface area contributed by atoms with Gasteiger partial charge in [-0.05, 0) is 43.3 Å². The second kappa shape index (κ2) is 12.1. The average Bonchev–Trinajstić information content (AvgIpc) is 3.55. The Bertz CT molecular complexity index is 1870. The molecule has 0 spiro atoms. The number of esters is 1. The van der Waals surface area contributed by atoms with Crippen LogP contribution in [0.3, 0.4) is 0 Å². The lowest BCUT2D eigenvalue weighted by Crippen LogP contribution is -2.23. The highest BCUT2D eigenvalue weighted by Crippen LogP contribution is 2.42. The number of aryl methyl sites for hydroxylation is 1. The number of benzene rings is 2. The van der Waals surface area contributed by atoms with Crippen LogP contribution >= 0.6 is 0 Å². The van der Waals surface area contributed by atoms with Crippen molar-refractivity contribution in [2.75, 3.05) is 13.2 Å². The van der Waals surface area contributed by atoms with Gasteiger partial charge in [-0.15, -0.1) is 0 Å². The van der Waals surface area contributed by atoms with Gasteiger partial charge in [0.05, 0.1) is 18.5 Å². The van der Waals surface area contributed by atoms with E-state index < -0.39 is 25.7 Å². The molecule has 3 heterocycles. The number of carbonyl (C=O) groups excluding carboxylic acids is 1. The average molecular weight is 609 g/mol. The van der Waals surface area contributed by atoms with Crippen molar-refractivity contribution in [2.45, 2.75) is 45.9 Å². The topological polar surface area (TPSA) is 89.5 Å². The molecule has 226 valence electrons. The van der Waals surface area contributed by atoms with Gasteiger partial charge in [-0.1, -0.05) is 19.6 Å². The van der Waals surface area contributed by atoms with Crippen molar-refractivity contribution < 1.29 is 27.8 Å². The van der Waals surface area contributed by atoms with Gasteiger partial charge in [0.25, 0.3) is 5.56 Å². The van der Waals surface area contributed by atoms with Crippen LogP contribution in [0.4, 0.5) is 8.78 Å². The minimum absolute atomic E-state index is 0.163. The van der Waals surface area contributed by atoms with E-state index >= 15 is 0 Å². The summed E-state index contributed by atoms with van der Waals surface area (Å²) in [6.07, 6.45) is 4.96. The predicted octanol–water partition coefficient (Wildman–Crippen LogP) is 6.30. The van der Waals surface area contributed by atoms with Crippen molar-refractivity contribution in [1.29, 1.82) is 0 Å². The van der Waals surface area contributed by atoms with Crippen molar-refractivity contribution in [3.63, 3.8) is 0 Å². The highest BCUT2D eigenvalue weighted by Gasteiger charge is 2.23. The fourth-order valence-electron chi connectivity index (χ4n) is 4.86. The van der Waals surface area contributed by atoms with E-state index in [9.17, 15) is 18.4 Å². The van der Waals surface area contributed by atoms with Crippen molar-refractivity contribution >= 4 is 36.0 Å². The second-order valence-corrected chi connectivity index (χ2v) is 17.1. The van der Waals surface area contributed by atoms with E-state index in [0.717, 1.165) is 18.2 Å². The first-order valence-corrected chi connectivity index (χ1v) is 17.7. The van der Waals surface area contributed by atoms with Gasteiger partial charge < -0.3 is 27.9 Å². The number of fused-ring (bicyclic) bond motifs is 2. The molecule has 0 fully saturated rings. The van der Waals surface area contributed by atoms with Crippen LogP contribution in [0.2, 0.25) is 25.7 Å². The molecule has 3 aromatic heterocycles. The van der Waals surface area contributed by atoms with Gasteiger partial charge in [0.1, 0.15) is 30.1 Å². The number of hydrogen-bond acceptors (Lipinski definition) is 6. The molecule has 5 rings (SSSR count). The first-order chi connectivity index (χ1) is 20.5. The summed E-state index contributed by atoms with van der Waals surface area (Å²) in [4.78, 5) is 30.2. The SMILES string of the molecule is CCOC(=O)Cn1cnc2ccc(-c3cn(C)c(=O)c4c3ccn4COCC[Si](C)(C)C)c(Oc3ccc(F)cc3F)c21. The van der Waals surface area contributed by atoms with Crippen LogP contribution in [0.1, 0.15) is 6.92 Å². The number of aromatic nitrogens is 4. The molecule has 9 nitrogen and oxygen atoms in total. The summed E-state index contributed by atoms with van der Waals surface area (Å²) in [5.41, 5.74) is 2.26. The number of hydrogen-bond donors (Lipinski definition) is 0. The van der Waals surface area contributed by atoms with E-state index in [0.29, 0.717) is 39.7 Å². The first kappa shape index (κ1) is 30.2. The minimum atomic E-state index is -1.29. The number of nitrogens with zero attached hydrogens (tertiary/aromatic N) is 4. The smallest absolute Gasteiger partial charge is 0.326 e. The Kier molecular flexibility index (Phi) is 8.51. The van der Waals surface area contributed by atoms with Crippen LogP contribution in [0.25, 0.3) is 33.1 Å². The lowest BCUT2D eigenvalue weighted by Gasteiger charge is -2.17. The summed E-state index contributed by atoms with van der Waals surface area (Å²) in [6, 6.07) is 9.38.